The number of nitrogens with one attached hydrogen (secondary N) is 1. The fourth-order valence-corrected chi connectivity index (χ4v) is 4.37. The summed E-state index contributed by atoms with van der Waals surface area (Å²) in [7, 11) is 1.67. The molecular weight excluding hydrogens is 398 g/mol. The highest BCUT2D eigenvalue weighted by atomic mass is 35.5. The van der Waals surface area contributed by atoms with Gasteiger partial charge in [-0.25, -0.2) is 5.01 Å². The van der Waals surface area contributed by atoms with Crippen molar-refractivity contribution in [2.24, 2.45) is 0 Å². The summed E-state index contributed by atoms with van der Waals surface area (Å²) in [6.07, 6.45) is 3.86. The van der Waals surface area contributed by atoms with Crippen molar-refractivity contribution in [1.29, 1.82) is 0 Å². The van der Waals surface area contributed by atoms with E-state index in [0.717, 1.165) is 65.4 Å². The molecule has 0 radical (unpaired) electrons. The highest BCUT2D eigenvalue weighted by Gasteiger charge is 2.19. The molecule has 6 heteroatoms. The Labute approximate surface area is 182 Å². The molecule has 5 nitrogen and oxygen atoms in total. The Hall–Kier alpha value is -2.50. The number of hydrazine groups is 1. The molecule has 1 amide bonds. The Bertz CT molecular complexity index is 1040. The normalized spacial score (nSPS) is 14.8. The molecule has 158 valence electrons. The predicted octanol–water partition coefficient (Wildman–Crippen LogP) is 4.72. The Kier molecular flexibility index (Phi) is 6.30. The lowest BCUT2D eigenvalue weighted by atomic mass is 10.1. The summed E-state index contributed by atoms with van der Waals surface area (Å²) in [6.45, 7) is 4.67. The van der Waals surface area contributed by atoms with Crippen LogP contribution in [0.3, 0.4) is 0 Å². The number of piperidine rings is 1. The molecule has 0 spiro atoms. The van der Waals surface area contributed by atoms with Crippen molar-refractivity contribution in [3.05, 3.63) is 64.3 Å². The minimum Gasteiger partial charge on any atom is -0.497 e. The molecule has 0 atom stereocenters. The largest absolute Gasteiger partial charge is 0.497 e. The molecule has 0 unspecified atom stereocenters. The maximum atomic E-state index is 12.8. The van der Waals surface area contributed by atoms with Crippen LogP contribution in [0.4, 0.5) is 0 Å². The Morgan fingerprint density at radius 3 is 2.53 bits per heavy atom. The molecule has 1 saturated heterocycles. The van der Waals surface area contributed by atoms with Crippen LogP contribution in [0.25, 0.3) is 10.9 Å². The first-order valence-electron chi connectivity index (χ1n) is 10.5. The Morgan fingerprint density at radius 1 is 1.10 bits per heavy atom. The molecule has 4 rings (SSSR count). The molecule has 1 fully saturated rings. The summed E-state index contributed by atoms with van der Waals surface area (Å²) in [5, 5.41) is 3.84. The highest BCUT2D eigenvalue weighted by Crippen LogP contribution is 2.31. The number of amides is 1. The lowest BCUT2D eigenvalue weighted by Gasteiger charge is -2.26. The van der Waals surface area contributed by atoms with Crippen molar-refractivity contribution in [2.45, 2.75) is 39.2 Å². The van der Waals surface area contributed by atoms with Crippen molar-refractivity contribution < 1.29 is 9.53 Å². The maximum Gasteiger partial charge on any atom is 0.238 e. The van der Waals surface area contributed by atoms with Crippen molar-refractivity contribution in [1.82, 2.24) is 15.0 Å². The third-order valence-corrected chi connectivity index (χ3v) is 6.14. The van der Waals surface area contributed by atoms with E-state index in [1.54, 1.807) is 7.11 Å². The van der Waals surface area contributed by atoms with Crippen molar-refractivity contribution >= 4 is 28.4 Å². The average molecular weight is 426 g/mol. The summed E-state index contributed by atoms with van der Waals surface area (Å²) in [6, 6.07) is 14.0. The first kappa shape index (κ1) is 20.8. The number of methoxy groups -OCH3 is 1. The van der Waals surface area contributed by atoms with Crippen LogP contribution in [0, 0.1) is 6.92 Å². The van der Waals surface area contributed by atoms with Gasteiger partial charge < -0.3 is 9.30 Å². The molecule has 0 saturated carbocycles. The van der Waals surface area contributed by atoms with Crippen molar-refractivity contribution in [2.75, 3.05) is 20.2 Å². The van der Waals surface area contributed by atoms with Crippen LogP contribution >= 0.6 is 11.6 Å². The monoisotopic (exact) mass is 425 g/mol. The number of hydrogen-bond donors (Lipinski definition) is 1. The van der Waals surface area contributed by atoms with Gasteiger partial charge in [-0.05, 0) is 61.2 Å². The lowest BCUT2D eigenvalue weighted by molar-refractivity contribution is -0.125. The summed E-state index contributed by atoms with van der Waals surface area (Å²) in [5.74, 6) is 0.831. The van der Waals surface area contributed by atoms with E-state index in [1.807, 2.05) is 36.4 Å². The molecule has 1 aromatic heterocycles. The van der Waals surface area contributed by atoms with Crippen LogP contribution in [0.2, 0.25) is 5.02 Å². The van der Waals surface area contributed by atoms with Gasteiger partial charge >= 0.3 is 0 Å². The van der Waals surface area contributed by atoms with Gasteiger partial charge in [-0.3, -0.25) is 10.2 Å². The van der Waals surface area contributed by atoms with Crippen LogP contribution < -0.4 is 10.2 Å². The van der Waals surface area contributed by atoms with Gasteiger partial charge in [0.2, 0.25) is 5.91 Å². The Morgan fingerprint density at radius 2 is 1.83 bits per heavy atom. The van der Waals surface area contributed by atoms with Crippen molar-refractivity contribution in [3.8, 4) is 5.75 Å². The predicted molar refractivity (Wildman–Crippen MR) is 121 cm³/mol. The quantitative estimate of drug-likeness (QED) is 0.621. The second-order valence-electron chi connectivity index (χ2n) is 7.92. The summed E-state index contributed by atoms with van der Waals surface area (Å²) in [5.41, 5.74) is 7.51. The summed E-state index contributed by atoms with van der Waals surface area (Å²) in [4.78, 5) is 12.8. The fourth-order valence-electron chi connectivity index (χ4n) is 4.24. The molecule has 0 bridgehead atoms. The van der Waals surface area contributed by atoms with E-state index >= 15 is 0 Å². The van der Waals surface area contributed by atoms with Gasteiger partial charge in [-0.15, -0.1) is 0 Å². The number of benzene rings is 2. The Balaban J connectivity index is 1.66. The fraction of sp³-hybridized carbons (Fsp3) is 0.375. The second kappa shape index (κ2) is 9.11. The molecule has 1 aliphatic rings. The van der Waals surface area contributed by atoms with Gasteiger partial charge in [0.15, 0.2) is 0 Å². The molecule has 2 aromatic carbocycles. The average Bonchev–Trinajstić information content (AvgIpc) is 3.01. The number of aromatic nitrogens is 1. The molecule has 3 aromatic rings. The summed E-state index contributed by atoms with van der Waals surface area (Å²) >= 11 is 6.05. The molecule has 30 heavy (non-hydrogen) atoms. The topological polar surface area (TPSA) is 46.5 Å². The highest BCUT2D eigenvalue weighted by molar-refractivity contribution is 6.30. The minimum absolute atomic E-state index is 0.0355. The molecular formula is C24H28ClN3O2. The number of nitrogens with zero attached hydrogens (tertiary/aromatic N) is 2. The van der Waals surface area contributed by atoms with E-state index in [2.05, 4.69) is 28.0 Å². The van der Waals surface area contributed by atoms with E-state index in [0.29, 0.717) is 6.42 Å². The zero-order valence-electron chi connectivity index (χ0n) is 17.6. The zero-order chi connectivity index (χ0) is 21.1. The van der Waals surface area contributed by atoms with E-state index < -0.39 is 0 Å². The van der Waals surface area contributed by atoms with E-state index in [9.17, 15) is 4.79 Å². The number of hydrogen-bond acceptors (Lipinski definition) is 3. The molecule has 1 aliphatic heterocycles. The van der Waals surface area contributed by atoms with E-state index in [4.69, 9.17) is 16.3 Å². The zero-order valence-corrected chi connectivity index (χ0v) is 18.3. The van der Waals surface area contributed by atoms with Crippen LogP contribution in [-0.2, 0) is 17.8 Å². The first-order chi connectivity index (χ1) is 14.5. The van der Waals surface area contributed by atoms with Gasteiger partial charge in [-0.1, -0.05) is 30.2 Å². The first-order valence-corrected chi connectivity index (χ1v) is 10.9. The SMILES string of the molecule is COc1ccc2c(c1)c(CC(=O)NN1CCCCC1)c(C)n2Cc1ccc(Cl)cc1. The van der Waals surface area contributed by atoms with Crippen LogP contribution in [0.5, 0.6) is 5.75 Å². The van der Waals surface area contributed by atoms with Crippen LogP contribution in [0.15, 0.2) is 42.5 Å². The van der Waals surface area contributed by atoms with Gasteiger partial charge in [0.05, 0.1) is 13.5 Å². The van der Waals surface area contributed by atoms with Crippen molar-refractivity contribution in [3.63, 3.8) is 0 Å². The van der Waals surface area contributed by atoms with Gasteiger partial charge in [-0.2, -0.15) is 0 Å². The number of carbonyl (C=O) groups excluding carboxylic acids is 1. The summed E-state index contributed by atoms with van der Waals surface area (Å²) < 4.78 is 7.72. The minimum atomic E-state index is 0.0355. The molecule has 2 heterocycles. The lowest BCUT2D eigenvalue weighted by Crippen LogP contribution is -2.45. The van der Waals surface area contributed by atoms with Gasteiger partial charge in [0, 0.05) is 41.3 Å². The smallest absolute Gasteiger partial charge is 0.238 e. The standard InChI is InChI=1S/C24H28ClN3O2/c1-17-21(15-24(29)26-27-12-4-3-5-13-27)22-14-20(30-2)10-11-23(22)28(17)16-18-6-8-19(25)9-7-18/h6-11,14H,3-5,12-13,15-16H2,1-2H3,(H,26,29). The maximum absolute atomic E-state index is 12.8. The number of halogens is 1. The third-order valence-electron chi connectivity index (χ3n) is 5.89. The molecule has 1 N–H and O–H groups in total. The number of carbonyl (C=O) groups is 1. The third kappa shape index (κ3) is 4.47. The number of rotatable bonds is 6. The number of ether oxygens (including phenoxy) is 1. The van der Waals surface area contributed by atoms with E-state index in [-0.39, 0.29) is 5.91 Å². The van der Waals surface area contributed by atoms with Gasteiger partial charge in [0.1, 0.15) is 5.75 Å². The van der Waals surface area contributed by atoms with E-state index in [1.165, 1.54) is 12.0 Å². The van der Waals surface area contributed by atoms with Crippen LogP contribution in [-0.4, -0.2) is 35.7 Å². The van der Waals surface area contributed by atoms with Gasteiger partial charge in [0.25, 0.3) is 0 Å². The van der Waals surface area contributed by atoms with Crippen LogP contribution in [0.1, 0.15) is 36.1 Å². The molecule has 0 aliphatic carbocycles. The second-order valence-corrected chi connectivity index (χ2v) is 8.36. The number of fused-ring (bicyclic) bond motifs is 1.